The van der Waals surface area contributed by atoms with E-state index in [1.807, 2.05) is 0 Å². The van der Waals surface area contributed by atoms with Gasteiger partial charge in [0.1, 0.15) is 0 Å². The molecular weight excluding hydrogens is 126 g/mol. The minimum atomic E-state index is -0.186. The first-order valence-corrected chi connectivity index (χ1v) is 3.85. The van der Waals surface area contributed by atoms with Gasteiger partial charge in [-0.15, -0.1) is 0 Å². The van der Waals surface area contributed by atoms with Gasteiger partial charge in [-0.3, -0.25) is 4.79 Å². The highest BCUT2D eigenvalue weighted by Gasteiger charge is 1.92. The Balaban J connectivity index is 2.84. The van der Waals surface area contributed by atoms with Crippen molar-refractivity contribution < 1.29 is 4.79 Å². The molecule has 0 heterocycles. The van der Waals surface area contributed by atoms with Crippen LogP contribution < -0.4 is 5.73 Å². The van der Waals surface area contributed by atoms with Crippen molar-refractivity contribution in [3.8, 4) is 0 Å². The highest BCUT2D eigenvalue weighted by Crippen LogP contribution is 2.03. The van der Waals surface area contributed by atoms with Gasteiger partial charge in [0.25, 0.3) is 0 Å². The maximum Gasteiger partial charge on any atom is 0.217 e. The van der Waals surface area contributed by atoms with Crippen LogP contribution >= 0.6 is 0 Å². The molecule has 1 radical (unpaired) electrons. The maximum absolute atomic E-state index is 10.2. The Kier molecular flexibility index (Phi) is 6.24. The Labute approximate surface area is 62.8 Å². The van der Waals surface area contributed by atoms with E-state index in [0.717, 1.165) is 19.3 Å². The third kappa shape index (κ3) is 7.47. The molecule has 0 aromatic carbocycles. The van der Waals surface area contributed by atoms with Crippen LogP contribution in [-0.4, -0.2) is 5.91 Å². The van der Waals surface area contributed by atoms with Crippen molar-refractivity contribution in [2.24, 2.45) is 5.73 Å². The minimum absolute atomic E-state index is 0.186. The van der Waals surface area contributed by atoms with Gasteiger partial charge in [0.05, 0.1) is 0 Å². The fourth-order valence-electron chi connectivity index (χ4n) is 0.830. The van der Waals surface area contributed by atoms with Crippen molar-refractivity contribution in [2.45, 2.75) is 38.5 Å². The molecule has 0 spiro atoms. The van der Waals surface area contributed by atoms with Crippen LogP contribution in [0.4, 0.5) is 0 Å². The second-order valence-corrected chi connectivity index (χ2v) is 2.48. The molecule has 10 heavy (non-hydrogen) atoms. The van der Waals surface area contributed by atoms with Gasteiger partial charge < -0.3 is 5.73 Å². The van der Waals surface area contributed by atoms with Crippen LogP contribution in [-0.2, 0) is 4.79 Å². The van der Waals surface area contributed by atoms with Crippen molar-refractivity contribution in [1.29, 1.82) is 0 Å². The molecule has 0 aliphatic carbocycles. The molecule has 0 aliphatic heterocycles. The number of nitrogens with two attached hydrogens (primary N) is 1. The van der Waals surface area contributed by atoms with E-state index in [1.165, 1.54) is 12.8 Å². The molecule has 0 saturated heterocycles. The van der Waals surface area contributed by atoms with E-state index in [1.54, 1.807) is 0 Å². The standard InChI is InChI=1S/C8H16NO/c1-2-3-4-5-6-7-8(9)10/h1-7H2,(H2,9,10). The van der Waals surface area contributed by atoms with E-state index in [9.17, 15) is 4.79 Å². The zero-order valence-electron chi connectivity index (χ0n) is 6.44. The van der Waals surface area contributed by atoms with E-state index < -0.39 is 0 Å². The lowest BCUT2D eigenvalue weighted by Gasteiger charge is -1.95. The molecule has 59 valence electrons. The average Bonchev–Trinajstić information content (AvgIpc) is 1.87. The molecule has 0 fully saturated rings. The van der Waals surface area contributed by atoms with Crippen molar-refractivity contribution in [3.63, 3.8) is 0 Å². The van der Waals surface area contributed by atoms with Crippen LogP contribution in [0.25, 0.3) is 0 Å². The SMILES string of the molecule is [CH2]CCCCCCC(N)=O. The number of hydrogen-bond acceptors (Lipinski definition) is 1. The third-order valence-electron chi connectivity index (χ3n) is 1.42. The summed E-state index contributed by atoms with van der Waals surface area (Å²) in [5.41, 5.74) is 4.96. The lowest BCUT2D eigenvalue weighted by atomic mass is 10.1. The molecule has 0 aromatic heterocycles. The second kappa shape index (κ2) is 6.59. The minimum Gasteiger partial charge on any atom is -0.370 e. The summed E-state index contributed by atoms with van der Waals surface area (Å²) in [4.78, 5) is 10.2. The van der Waals surface area contributed by atoms with Gasteiger partial charge in [0, 0.05) is 6.42 Å². The van der Waals surface area contributed by atoms with Crippen molar-refractivity contribution in [1.82, 2.24) is 0 Å². The molecule has 2 heteroatoms. The van der Waals surface area contributed by atoms with Crippen LogP contribution in [0.3, 0.4) is 0 Å². The second-order valence-electron chi connectivity index (χ2n) is 2.48. The molecule has 1 amide bonds. The zero-order chi connectivity index (χ0) is 7.82. The van der Waals surface area contributed by atoms with Gasteiger partial charge >= 0.3 is 0 Å². The highest BCUT2D eigenvalue weighted by molar-refractivity contribution is 5.73. The van der Waals surface area contributed by atoms with Gasteiger partial charge in [-0.05, 0) is 6.42 Å². The van der Waals surface area contributed by atoms with Crippen LogP contribution in [0, 0.1) is 6.92 Å². The monoisotopic (exact) mass is 142 g/mol. The summed E-state index contributed by atoms with van der Waals surface area (Å²) in [5.74, 6) is -0.186. The fourth-order valence-corrected chi connectivity index (χ4v) is 0.830. The van der Waals surface area contributed by atoms with E-state index in [2.05, 4.69) is 6.92 Å². The molecule has 0 rings (SSSR count). The van der Waals surface area contributed by atoms with E-state index in [-0.39, 0.29) is 5.91 Å². The number of amides is 1. The lowest BCUT2D eigenvalue weighted by Crippen LogP contribution is -2.09. The van der Waals surface area contributed by atoms with Gasteiger partial charge in [-0.1, -0.05) is 32.6 Å². The smallest absolute Gasteiger partial charge is 0.217 e. The summed E-state index contributed by atoms with van der Waals surface area (Å²) in [6, 6.07) is 0. The Bertz CT molecular complexity index is 91.3. The fraction of sp³-hybridized carbons (Fsp3) is 0.750. The quantitative estimate of drug-likeness (QED) is 0.563. The van der Waals surface area contributed by atoms with Gasteiger partial charge in [0.15, 0.2) is 0 Å². The first kappa shape index (κ1) is 9.47. The zero-order valence-corrected chi connectivity index (χ0v) is 6.44. The number of carbonyl (C=O) groups excluding carboxylic acids is 1. The topological polar surface area (TPSA) is 43.1 Å². The maximum atomic E-state index is 10.2. The van der Waals surface area contributed by atoms with E-state index >= 15 is 0 Å². The molecule has 0 unspecified atom stereocenters. The van der Waals surface area contributed by atoms with Crippen LogP contribution in [0.5, 0.6) is 0 Å². The molecule has 0 aromatic rings. The summed E-state index contributed by atoms with van der Waals surface area (Å²) in [6.07, 6.45) is 5.93. The number of rotatable bonds is 6. The lowest BCUT2D eigenvalue weighted by molar-refractivity contribution is -0.118. The number of unbranched alkanes of at least 4 members (excludes halogenated alkanes) is 4. The van der Waals surface area contributed by atoms with Crippen molar-refractivity contribution in [2.75, 3.05) is 0 Å². The third-order valence-corrected chi connectivity index (χ3v) is 1.42. The average molecular weight is 142 g/mol. The summed E-state index contributed by atoms with van der Waals surface area (Å²) >= 11 is 0. The molecule has 0 saturated carbocycles. The van der Waals surface area contributed by atoms with Gasteiger partial charge in [0.2, 0.25) is 5.91 Å². The first-order valence-electron chi connectivity index (χ1n) is 3.85. The van der Waals surface area contributed by atoms with E-state index in [0.29, 0.717) is 6.42 Å². The van der Waals surface area contributed by atoms with Gasteiger partial charge in [-0.25, -0.2) is 0 Å². The number of carbonyl (C=O) groups is 1. The summed E-state index contributed by atoms with van der Waals surface area (Å²) in [6.45, 7) is 3.73. The summed E-state index contributed by atoms with van der Waals surface area (Å²) < 4.78 is 0. The van der Waals surface area contributed by atoms with Gasteiger partial charge in [-0.2, -0.15) is 0 Å². The number of primary amides is 1. The number of hydrogen-bond donors (Lipinski definition) is 1. The molecule has 0 aliphatic rings. The first-order chi connectivity index (χ1) is 4.77. The predicted octanol–water partition coefficient (Wildman–Crippen LogP) is 1.65. The highest BCUT2D eigenvalue weighted by atomic mass is 16.1. The Morgan fingerprint density at radius 1 is 1.20 bits per heavy atom. The predicted molar refractivity (Wildman–Crippen MR) is 42.3 cm³/mol. The molecule has 2 nitrogen and oxygen atoms in total. The Hall–Kier alpha value is -0.530. The molecular formula is C8H16NO. The summed E-state index contributed by atoms with van der Waals surface area (Å²) in [5, 5.41) is 0. The molecule has 2 N–H and O–H groups in total. The van der Waals surface area contributed by atoms with Crippen LogP contribution in [0.1, 0.15) is 38.5 Å². The van der Waals surface area contributed by atoms with Crippen molar-refractivity contribution >= 4 is 5.91 Å². The Morgan fingerprint density at radius 3 is 2.30 bits per heavy atom. The van der Waals surface area contributed by atoms with E-state index in [4.69, 9.17) is 5.73 Å². The van der Waals surface area contributed by atoms with Crippen molar-refractivity contribution in [3.05, 3.63) is 6.92 Å². The molecule has 0 bridgehead atoms. The normalized spacial score (nSPS) is 9.70. The van der Waals surface area contributed by atoms with Crippen LogP contribution in [0.15, 0.2) is 0 Å². The summed E-state index contributed by atoms with van der Waals surface area (Å²) in [7, 11) is 0. The van der Waals surface area contributed by atoms with Crippen LogP contribution in [0.2, 0.25) is 0 Å². The largest absolute Gasteiger partial charge is 0.370 e. The molecule has 0 atom stereocenters. The Morgan fingerprint density at radius 2 is 1.80 bits per heavy atom.